The molecule has 0 spiro atoms. The number of ether oxygens (including phenoxy) is 2. The van der Waals surface area contributed by atoms with E-state index in [2.05, 4.69) is 27.2 Å². The number of amides is 1. The fourth-order valence-electron chi connectivity index (χ4n) is 3.23. The summed E-state index contributed by atoms with van der Waals surface area (Å²) >= 11 is 0. The van der Waals surface area contributed by atoms with Crippen LogP contribution >= 0.6 is 0 Å². The molecule has 2 saturated heterocycles. The van der Waals surface area contributed by atoms with E-state index in [9.17, 15) is 4.79 Å². The minimum atomic E-state index is -0.121. The number of anilines is 1. The normalized spacial score (nSPS) is 20.6. The van der Waals surface area contributed by atoms with E-state index in [1.54, 1.807) is 0 Å². The van der Waals surface area contributed by atoms with Gasteiger partial charge in [0, 0.05) is 38.4 Å². The van der Waals surface area contributed by atoms with Crippen molar-refractivity contribution in [3.8, 4) is 0 Å². The highest BCUT2D eigenvalue weighted by Crippen LogP contribution is 2.21. The first-order valence-corrected chi connectivity index (χ1v) is 8.76. The van der Waals surface area contributed by atoms with Crippen LogP contribution in [0.4, 0.5) is 5.69 Å². The van der Waals surface area contributed by atoms with Crippen LogP contribution in [0.1, 0.15) is 12.5 Å². The third-order valence-electron chi connectivity index (χ3n) is 4.77. The van der Waals surface area contributed by atoms with Crippen molar-refractivity contribution in [3.63, 3.8) is 0 Å². The summed E-state index contributed by atoms with van der Waals surface area (Å²) in [5.74, 6) is 0.0775. The second-order valence-corrected chi connectivity index (χ2v) is 6.27. The van der Waals surface area contributed by atoms with Gasteiger partial charge >= 0.3 is 0 Å². The van der Waals surface area contributed by atoms with Crippen LogP contribution in [-0.2, 0) is 20.8 Å². The summed E-state index contributed by atoms with van der Waals surface area (Å²) in [5, 5.41) is 3.10. The molecule has 0 aromatic heterocycles. The smallest absolute Gasteiger partial charge is 0.237 e. The predicted octanol–water partition coefficient (Wildman–Crippen LogP) is 0.860. The van der Waals surface area contributed by atoms with Gasteiger partial charge in [-0.3, -0.25) is 9.69 Å². The Balaban J connectivity index is 1.58. The Kier molecular flexibility index (Phi) is 6.07. The Morgan fingerprint density at radius 1 is 1.08 bits per heavy atom. The van der Waals surface area contributed by atoms with Crippen molar-refractivity contribution in [3.05, 3.63) is 29.8 Å². The van der Waals surface area contributed by atoms with Gasteiger partial charge in [0.05, 0.1) is 32.5 Å². The van der Waals surface area contributed by atoms with E-state index in [4.69, 9.17) is 9.47 Å². The topological polar surface area (TPSA) is 54.0 Å². The molecule has 0 saturated carbocycles. The zero-order chi connectivity index (χ0) is 16.8. The van der Waals surface area contributed by atoms with Gasteiger partial charge in [-0.05, 0) is 18.6 Å². The Morgan fingerprint density at radius 3 is 2.42 bits per heavy atom. The molecule has 3 rings (SSSR count). The number of morpholine rings is 2. The highest BCUT2D eigenvalue weighted by molar-refractivity contribution is 5.81. The van der Waals surface area contributed by atoms with Gasteiger partial charge in [0.2, 0.25) is 5.91 Å². The van der Waals surface area contributed by atoms with Gasteiger partial charge in [0.1, 0.15) is 0 Å². The fraction of sp³-hybridized carbons (Fsp3) is 0.611. The summed E-state index contributed by atoms with van der Waals surface area (Å²) in [4.78, 5) is 17.0. The van der Waals surface area contributed by atoms with Crippen LogP contribution in [0.25, 0.3) is 0 Å². The van der Waals surface area contributed by atoms with Gasteiger partial charge < -0.3 is 19.7 Å². The summed E-state index contributed by atoms with van der Waals surface area (Å²) < 4.78 is 10.8. The number of rotatable bonds is 5. The van der Waals surface area contributed by atoms with E-state index < -0.39 is 0 Å². The van der Waals surface area contributed by atoms with Gasteiger partial charge in [0.25, 0.3) is 0 Å². The Bertz CT molecular complexity index is 540. The number of nitrogens with one attached hydrogen (secondary N) is 1. The highest BCUT2D eigenvalue weighted by Gasteiger charge is 2.23. The molecule has 0 aliphatic carbocycles. The summed E-state index contributed by atoms with van der Waals surface area (Å²) in [6.07, 6.45) is 0. The highest BCUT2D eigenvalue weighted by atomic mass is 16.5. The van der Waals surface area contributed by atoms with Crippen molar-refractivity contribution < 1.29 is 14.3 Å². The molecule has 1 unspecified atom stereocenters. The van der Waals surface area contributed by atoms with Crippen molar-refractivity contribution >= 4 is 11.6 Å². The van der Waals surface area contributed by atoms with Crippen LogP contribution < -0.4 is 10.2 Å². The lowest BCUT2D eigenvalue weighted by Crippen LogP contribution is -2.49. The number of carbonyl (C=O) groups is 1. The van der Waals surface area contributed by atoms with Crippen LogP contribution in [0, 0.1) is 0 Å². The average Bonchev–Trinajstić information content (AvgIpc) is 2.67. The molecule has 1 amide bonds. The first-order chi connectivity index (χ1) is 11.8. The van der Waals surface area contributed by atoms with Crippen molar-refractivity contribution in [2.24, 2.45) is 0 Å². The van der Waals surface area contributed by atoms with Crippen molar-refractivity contribution in [1.82, 2.24) is 10.2 Å². The molecule has 2 aliphatic heterocycles. The summed E-state index contributed by atoms with van der Waals surface area (Å²) in [6, 6.07) is 8.16. The first-order valence-electron chi connectivity index (χ1n) is 8.76. The molecule has 6 nitrogen and oxygen atoms in total. The number of hydrogen-bond acceptors (Lipinski definition) is 5. The molecule has 1 atom stereocenters. The van der Waals surface area contributed by atoms with E-state index in [1.165, 1.54) is 5.69 Å². The van der Waals surface area contributed by atoms with Gasteiger partial charge in [-0.2, -0.15) is 0 Å². The zero-order valence-corrected chi connectivity index (χ0v) is 14.4. The van der Waals surface area contributed by atoms with E-state index in [0.29, 0.717) is 19.8 Å². The maximum atomic E-state index is 12.5. The lowest BCUT2D eigenvalue weighted by atomic mass is 10.1. The van der Waals surface area contributed by atoms with Crippen molar-refractivity contribution in [2.45, 2.75) is 19.5 Å². The molecule has 132 valence electrons. The Labute approximate surface area is 143 Å². The number of carbonyl (C=O) groups excluding carboxylic acids is 1. The molecule has 24 heavy (non-hydrogen) atoms. The average molecular weight is 333 g/mol. The summed E-state index contributed by atoms with van der Waals surface area (Å²) in [7, 11) is 0. The van der Waals surface area contributed by atoms with Crippen LogP contribution in [0.2, 0.25) is 0 Å². The fourth-order valence-corrected chi connectivity index (χ4v) is 3.23. The lowest BCUT2D eigenvalue weighted by molar-refractivity contribution is -0.127. The van der Waals surface area contributed by atoms with Crippen LogP contribution in [0.5, 0.6) is 0 Å². The third kappa shape index (κ3) is 4.26. The number of hydrogen-bond donors (Lipinski definition) is 1. The number of benzene rings is 1. The monoisotopic (exact) mass is 333 g/mol. The number of para-hydroxylation sites is 1. The molecular weight excluding hydrogens is 306 g/mol. The minimum Gasteiger partial charge on any atom is -0.379 e. The molecule has 1 aromatic rings. The van der Waals surface area contributed by atoms with Crippen LogP contribution in [0.15, 0.2) is 24.3 Å². The molecule has 6 heteroatoms. The third-order valence-corrected chi connectivity index (χ3v) is 4.77. The molecule has 0 radical (unpaired) electrons. The predicted molar refractivity (Wildman–Crippen MR) is 93.2 cm³/mol. The Morgan fingerprint density at radius 2 is 1.71 bits per heavy atom. The minimum absolute atomic E-state index is 0.0775. The second kappa shape index (κ2) is 8.46. The molecule has 0 bridgehead atoms. The first kappa shape index (κ1) is 17.2. The van der Waals surface area contributed by atoms with Gasteiger partial charge in [-0.15, -0.1) is 0 Å². The van der Waals surface area contributed by atoms with Crippen molar-refractivity contribution in [1.29, 1.82) is 0 Å². The van der Waals surface area contributed by atoms with E-state index in [1.807, 2.05) is 19.1 Å². The largest absolute Gasteiger partial charge is 0.379 e. The lowest BCUT2D eigenvalue weighted by Gasteiger charge is -2.32. The second-order valence-electron chi connectivity index (χ2n) is 6.27. The van der Waals surface area contributed by atoms with Crippen molar-refractivity contribution in [2.75, 3.05) is 57.5 Å². The quantitative estimate of drug-likeness (QED) is 0.866. The Hall–Kier alpha value is -1.63. The van der Waals surface area contributed by atoms with Gasteiger partial charge in [0.15, 0.2) is 0 Å². The maximum absolute atomic E-state index is 12.5. The maximum Gasteiger partial charge on any atom is 0.237 e. The standard InChI is InChI=1S/C18H27N3O3/c1-15(20-6-10-23-11-7-20)18(22)19-14-16-4-2-3-5-17(16)21-8-12-24-13-9-21/h2-5,15H,6-14H2,1H3,(H,19,22). The van der Waals surface area contributed by atoms with Crippen LogP contribution in [0.3, 0.4) is 0 Å². The van der Waals surface area contributed by atoms with Gasteiger partial charge in [-0.1, -0.05) is 18.2 Å². The molecule has 2 fully saturated rings. The molecule has 1 aromatic carbocycles. The van der Waals surface area contributed by atoms with E-state index in [0.717, 1.165) is 45.0 Å². The van der Waals surface area contributed by atoms with E-state index >= 15 is 0 Å². The SMILES string of the molecule is CC(C(=O)NCc1ccccc1N1CCOCC1)N1CCOCC1. The molecule has 1 N–H and O–H groups in total. The van der Waals surface area contributed by atoms with E-state index in [-0.39, 0.29) is 11.9 Å². The molecule has 2 heterocycles. The molecule has 2 aliphatic rings. The van der Waals surface area contributed by atoms with Crippen LogP contribution in [-0.4, -0.2) is 69.5 Å². The summed E-state index contributed by atoms with van der Waals surface area (Å²) in [5.41, 5.74) is 2.35. The summed E-state index contributed by atoms with van der Waals surface area (Å²) in [6.45, 7) is 8.89. The zero-order valence-electron chi connectivity index (χ0n) is 14.4. The molecular formula is C18H27N3O3. The number of nitrogens with zero attached hydrogens (tertiary/aromatic N) is 2. The van der Waals surface area contributed by atoms with Gasteiger partial charge in [-0.25, -0.2) is 0 Å².